The summed E-state index contributed by atoms with van der Waals surface area (Å²) in [5.74, 6) is -1.23. The number of amides is 1. The van der Waals surface area contributed by atoms with Crippen LogP contribution < -0.4 is 0 Å². The van der Waals surface area contributed by atoms with E-state index in [9.17, 15) is 17.6 Å². The van der Waals surface area contributed by atoms with Crippen molar-refractivity contribution in [2.75, 3.05) is 33.4 Å². The maximum absolute atomic E-state index is 14.3. The highest BCUT2D eigenvalue weighted by molar-refractivity contribution is 7.89. The zero-order chi connectivity index (χ0) is 19.6. The predicted molar refractivity (Wildman–Crippen MR) is 101 cm³/mol. The normalized spacial score (nSPS) is 15.7. The molecule has 2 aromatic rings. The van der Waals surface area contributed by atoms with Gasteiger partial charge in [-0.05, 0) is 42.1 Å². The van der Waals surface area contributed by atoms with E-state index in [0.29, 0.717) is 6.54 Å². The number of nitrogens with zero attached hydrogens (tertiary/aromatic N) is 2. The predicted octanol–water partition coefficient (Wildman–Crippen LogP) is 2.49. The summed E-state index contributed by atoms with van der Waals surface area (Å²) < 4.78 is 46.1. The number of rotatable bonds is 5. The van der Waals surface area contributed by atoms with Crippen LogP contribution in [0.2, 0.25) is 0 Å². The van der Waals surface area contributed by atoms with Crippen molar-refractivity contribution in [3.8, 4) is 0 Å². The van der Waals surface area contributed by atoms with Crippen molar-refractivity contribution in [2.24, 2.45) is 0 Å². The molecule has 1 amide bonds. The molecule has 2 heterocycles. The summed E-state index contributed by atoms with van der Waals surface area (Å²) in [5, 5.41) is 1.95. The fraction of sp³-hybridized carbons (Fsp3) is 0.389. The number of aryl methyl sites for hydroxylation is 1. The van der Waals surface area contributed by atoms with Gasteiger partial charge in [0.2, 0.25) is 10.0 Å². The van der Waals surface area contributed by atoms with Gasteiger partial charge in [-0.2, -0.15) is 4.31 Å². The van der Waals surface area contributed by atoms with Crippen molar-refractivity contribution in [1.82, 2.24) is 9.21 Å². The standard InChI is InChI=1S/C18H21FN2O4S2/c1-13-5-10-26-16(13)12-20(2)18(22)14-3-4-15(19)17(11-14)27(23,24)21-6-8-25-9-7-21/h3-5,10-11H,6-9,12H2,1-2H3. The molecular weight excluding hydrogens is 391 g/mol. The van der Waals surface area contributed by atoms with E-state index in [2.05, 4.69) is 0 Å². The Morgan fingerprint density at radius 1 is 1.30 bits per heavy atom. The van der Waals surface area contributed by atoms with Gasteiger partial charge < -0.3 is 9.64 Å². The number of hydrogen-bond acceptors (Lipinski definition) is 5. The second-order valence-corrected chi connectivity index (χ2v) is 9.26. The number of hydrogen-bond donors (Lipinski definition) is 0. The zero-order valence-corrected chi connectivity index (χ0v) is 16.8. The van der Waals surface area contributed by atoms with Crippen LogP contribution in [0.25, 0.3) is 0 Å². The molecule has 1 aliphatic heterocycles. The third-order valence-electron chi connectivity index (χ3n) is 4.46. The summed E-state index contributed by atoms with van der Waals surface area (Å²) in [4.78, 5) is 14.8. The highest BCUT2D eigenvalue weighted by atomic mass is 32.2. The summed E-state index contributed by atoms with van der Waals surface area (Å²) in [5.41, 5.74) is 1.23. The second kappa shape index (κ2) is 8.05. The fourth-order valence-electron chi connectivity index (χ4n) is 2.83. The van der Waals surface area contributed by atoms with Crippen LogP contribution in [0.1, 0.15) is 20.8 Å². The molecule has 0 saturated carbocycles. The third-order valence-corrected chi connectivity index (χ3v) is 7.38. The molecule has 0 unspecified atom stereocenters. The number of carbonyl (C=O) groups is 1. The fourth-order valence-corrected chi connectivity index (χ4v) is 5.29. The minimum absolute atomic E-state index is 0.139. The van der Waals surface area contributed by atoms with Crippen LogP contribution in [0.3, 0.4) is 0 Å². The van der Waals surface area contributed by atoms with E-state index < -0.39 is 20.7 Å². The van der Waals surface area contributed by atoms with E-state index in [4.69, 9.17) is 4.74 Å². The van der Waals surface area contributed by atoms with Crippen molar-refractivity contribution < 1.29 is 22.3 Å². The minimum Gasteiger partial charge on any atom is -0.379 e. The van der Waals surface area contributed by atoms with Gasteiger partial charge in [-0.1, -0.05) is 0 Å². The molecule has 1 aromatic carbocycles. The van der Waals surface area contributed by atoms with E-state index in [1.807, 2.05) is 18.4 Å². The van der Waals surface area contributed by atoms with E-state index in [1.165, 1.54) is 15.3 Å². The average Bonchev–Trinajstić information content (AvgIpc) is 3.06. The first-order valence-corrected chi connectivity index (χ1v) is 10.8. The van der Waals surface area contributed by atoms with Gasteiger partial charge in [0.15, 0.2) is 0 Å². The number of carbonyl (C=O) groups excluding carboxylic acids is 1. The van der Waals surface area contributed by atoms with Crippen LogP contribution in [-0.2, 0) is 21.3 Å². The van der Waals surface area contributed by atoms with Crippen LogP contribution in [0, 0.1) is 12.7 Å². The Morgan fingerprint density at radius 3 is 2.63 bits per heavy atom. The highest BCUT2D eigenvalue weighted by Gasteiger charge is 2.30. The summed E-state index contributed by atoms with van der Waals surface area (Å²) in [6.07, 6.45) is 0. The molecule has 0 N–H and O–H groups in total. The summed E-state index contributed by atoms with van der Waals surface area (Å²) >= 11 is 1.55. The van der Waals surface area contributed by atoms with Crippen molar-refractivity contribution in [1.29, 1.82) is 0 Å². The van der Waals surface area contributed by atoms with E-state index in [0.717, 1.165) is 22.6 Å². The van der Waals surface area contributed by atoms with Crippen LogP contribution in [0.15, 0.2) is 34.5 Å². The SMILES string of the molecule is Cc1ccsc1CN(C)C(=O)c1ccc(F)c(S(=O)(=O)N2CCOCC2)c1. The Bertz CT molecular complexity index is 937. The van der Waals surface area contributed by atoms with Crippen molar-refractivity contribution >= 4 is 27.3 Å². The maximum atomic E-state index is 14.3. The lowest BCUT2D eigenvalue weighted by atomic mass is 10.2. The monoisotopic (exact) mass is 412 g/mol. The van der Waals surface area contributed by atoms with Gasteiger partial charge in [-0.3, -0.25) is 4.79 Å². The van der Waals surface area contributed by atoms with E-state index in [-0.39, 0.29) is 37.8 Å². The van der Waals surface area contributed by atoms with Gasteiger partial charge in [0.25, 0.3) is 5.91 Å². The number of ether oxygens (including phenoxy) is 1. The minimum atomic E-state index is -4.02. The Kier molecular flexibility index (Phi) is 5.95. The van der Waals surface area contributed by atoms with Crippen molar-refractivity contribution in [3.05, 3.63) is 51.5 Å². The first kappa shape index (κ1) is 19.9. The summed E-state index contributed by atoms with van der Waals surface area (Å²) in [6.45, 7) is 3.24. The van der Waals surface area contributed by atoms with E-state index in [1.54, 1.807) is 18.4 Å². The molecular formula is C18H21FN2O4S2. The highest BCUT2D eigenvalue weighted by Crippen LogP contribution is 2.23. The van der Waals surface area contributed by atoms with Gasteiger partial charge in [0, 0.05) is 30.6 Å². The number of benzene rings is 1. The molecule has 27 heavy (non-hydrogen) atoms. The number of morpholine rings is 1. The lowest BCUT2D eigenvalue weighted by Crippen LogP contribution is -2.41. The molecule has 0 radical (unpaired) electrons. The van der Waals surface area contributed by atoms with Gasteiger partial charge in [0.1, 0.15) is 10.7 Å². The molecule has 1 fully saturated rings. The Hall–Kier alpha value is -1.81. The lowest BCUT2D eigenvalue weighted by Gasteiger charge is -2.26. The molecule has 0 atom stereocenters. The van der Waals surface area contributed by atoms with Crippen molar-refractivity contribution in [2.45, 2.75) is 18.4 Å². The van der Waals surface area contributed by atoms with Crippen LogP contribution in [0.4, 0.5) is 4.39 Å². The van der Waals surface area contributed by atoms with Crippen LogP contribution in [-0.4, -0.2) is 56.9 Å². The average molecular weight is 413 g/mol. The molecule has 0 spiro atoms. The second-order valence-electron chi connectivity index (χ2n) is 6.35. The summed E-state index contributed by atoms with van der Waals surface area (Å²) in [7, 11) is -2.38. The molecule has 9 heteroatoms. The molecule has 1 aliphatic rings. The molecule has 6 nitrogen and oxygen atoms in total. The first-order valence-electron chi connectivity index (χ1n) is 8.46. The molecule has 1 aromatic heterocycles. The first-order chi connectivity index (χ1) is 12.8. The molecule has 0 bridgehead atoms. The van der Waals surface area contributed by atoms with Crippen LogP contribution in [0.5, 0.6) is 0 Å². The quantitative estimate of drug-likeness (QED) is 0.757. The van der Waals surface area contributed by atoms with Crippen molar-refractivity contribution in [3.63, 3.8) is 0 Å². The Labute approximate surface area is 162 Å². The molecule has 0 aliphatic carbocycles. The van der Waals surface area contributed by atoms with Gasteiger partial charge in [-0.15, -0.1) is 11.3 Å². The number of sulfonamides is 1. The molecule has 146 valence electrons. The third kappa shape index (κ3) is 4.21. The Morgan fingerprint density at radius 2 is 2.00 bits per heavy atom. The topological polar surface area (TPSA) is 66.9 Å². The lowest BCUT2D eigenvalue weighted by molar-refractivity contribution is 0.0729. The van der Waals surface area contributed by atoms with Gasteiger partial charge in [0.05, 0.1) is 19.8 Å². The van der Waals surface area contributed by atoms with Crippen LogP contribution >= 0.6 is 11.3 Å². The Balaban J connectivity index is 1.86. The van der Waals surface area contributed by atoms with Gasteiger partial charge >= 0.3 is 0 Å². The largest absolute Gasteiger partial charge is 0.379 e. The number of halogens is 1. The van der Waals surface area contributed by atoms with E-state index >= 15 is 0 Å². The molecule has 1 saturated heterocycles. The molecule has 3 rings (SSSR count). The summed E-state index contributed by atoms with van der Waals surface area (Å²) in [6, 6.07) is 5.45. The number of thiophene rings is 1. The van der Waals surface area contributed by atoms with Gasteiger partial charge in [-0.25, -0.2) is 12.8 Å². The smallest absolute Gasteiger partial charge is 0.253 e. The zero-order valence-electron chi connectivity index (χ0n) is 15.1. The maximum Gasteiger partial charge on any atom is 0.253 e.